The Labute approximate surface area is 125 Å². The van der Waals surface area contributed by atoms with E-state index in [1.165, 1.54) is 11.1 Å². The summed E-state index contributed by atoms with van der Waals surface area (Å²) in [7, 11) is 0. The van der Waals surface area contributed by atoms with Crippen molar-refractivity contribution in [2.45, 2.75) is 33.1 Å². The van der Waals surface area contributed by atoms with Crippen molar-refractivity contribution in [1.82, 2.24) is 0 Å². The molecule has 12 heavy (non-hydrogen) atoms. The minimum Gasteiger partial charge on any atom is -0.180 e. The molecule has 60 valence electrons. The summed E-state index contributed by atoms with van der Waals surface area (Å²) in [6.07, 6.45) is 0. The van der Waals surface area contributed by atoms with Crippen molar-refractivity contribution >= 4 is 0 Å². The van der Waals surface area contributed by atoms with Crippen LogP contribution in [0.1, 0.15) is 31.9 Å². The maximum atomic E-state index is 3.28. The van der Waals surface area contributed by atoms with E-state index in [1.807, 2.05) is 6.07 Å². The fourth-order valence-electron chi connectivity index (χ4n) is 0.969. The number of hydrogen-bond acceptors (Lipinski definition) is 0. The Hall–Kier alpha value is 1.03. The monoisotopic (exact) mass is 232 g/mol. The van der Waals surface area contributed by atoms with Gasteiger partial charge in [-0.2, -0.15) is 35.4 Å². The van der Waals surface area contributed by atoms with Crippen LogP contribution in [-0.4, -0.2) is 0 Å². The maximum absolute atomic E-state index is 3.28. The first-order valence-corrected chi connectivity index (χ1v) is 3.99. The Bertz CT molecular complexity index is 228. The van der Waals surface area contributed by atoms with Gasteiger partial charge in [-0.3, -0.25) is 0 Å². The molecule has 1 aromatic rings. The van der Waals surface area contributed by atoms with Crippen LogP contribution in [0, 0.1) is 13.0 Å². The Morgan fingerprint density at radius 3 is 2.08 bits per heavy atom. The maximum Gasteiger partial charge on any atom is 1.00 e. The summed E-state index contributed by atoms with van der Waals surface area (Å²) in [4.78, 5) is 0. The van der Waals surface area contributed by atoms with Gasteiger partial charge in [-0.15, -0.1) is 0 Å². The topological polar surface area (TPSA) is 0 Å². The first-order valence-electron chi connectivity index (χ1n) is 3.99. The molecule has 0 spiro atoms. The Balaban J connectivity index is 0.00000121. The van der Waals surface area contributed by atoms with Gasteiger partial charge in [0.15, 0.2) is 0 Å². The van der Waals surface area contributed by atoms with Crippen LogP contribution < -0.4 is 58.2 Å². The molecule has 0 radical (unpaired) electrons. The van der Waals surface area contributed by atoms with E-state index in [-0.39, 0.29) is 63.6 Å². The predicted octanol–water partition coefficient (Wildman–Crippen LogP) is 0.0967. The summed E-state index contributed by atoms with van der Waals surface area (Å²) in [5, 5.41) is 0. The molecule has 1 aromatic carbocycles. The molecule has 1 heteroatoms. The van der Waals surface area contributed by atoms with Crippen molar-refractivity contribution in [1.29, 1.82) is 0 Å². The van der Waals surface area contributed by atoms with Crippen molar-refractivity contribution in [3.05, 3.63) is 35.4 Å². The van der Waals surface area contributed by atoms with E-state index < -0.39 is 0 Å². The molecule has 0 fully saturated rings. The van der Waals surface area contributed by atoms with Crippen molar-refractivity contribution in [3.8, 4) is 0 Å². The zero-order valence-corrected chi connectivity index (χ0v) is 13.6. The Morgan fingerprint density at radius 2 is 1.75 bits per heavy atom. The molecule has 0 heterocycles. The van der Waals surface area contributed by atoms with Crippen LogP contribution in [0.3, 0.4) is 0 Å². The molecule has 0 aliphatic carbocycles. The van der Waals surface area contributed by atoms with Gasteiger partial charge in [0.05, 0.1) is 0 Å². The molecule has 0 nitrogen and oxygen atoms in total. The first-order chi connectivity index (χ1) is 5.00. The molecule has 0 unspecified atom stereocenters. The van der Waals surface area contributed by atoms with E-state index in [2.05, 4.69) is 45.9 Å². The summed E-state index contributed by atoms with van der Waals surface area (Å²) >= 11 is 0. The van der Waals surface area contributed by atoms with Gasteiger partial charge < -0.3 is 0 Å². The standard InChI is InChI=1S/C11H15.Rb/c1-9-5-7-10(8-6-9)11(2,3)4;/h5-7H,1-4H3;/q-1;+1. The zero-order chi connectivity index (χ0) is 8.48. The van der Waals surface area contributed by atoms with Crippen LogP contribution in [0.2, 0.25) is 0 Å². The summed E-state index contributed by atoms with van der Waals surface area (Å²) in [6, 6.07) is 9.60. The van der Waals surface area contributed by atoms with E-state index in [4.69, 9.17) is 0 Å². The predicted molar refractivity (Wildman–Crippen MR) is 48.7 cm³/mol. The smallest absolute Gasteiger partial charge is 0.180 e. The van der Waals surface area contributed by atoms with Gasteiger partial charge in [0, 0.05) is 0 Å². The molecule has 0 aliphatic heterocycles. The summed E-state index contributed by atoms with van der Waals surface area (Å²) in [6.45, 7) is 8.69. The quantitative estimate of drug-likeness (QED) is 0.557. The van der Waals surface area contributed by atoms with Gasteiger partial charge in [-0.1, -0.05) is 27.7 Å². The number of aryl methyl sites for hydroxylation is 1. The number of benzene rings is 1. The van der Waals surface area contributed by atoms with Crippen LogP contribution in [0.25, 0.3) is 0 Å². The molecule has 0 N–H and O–H groups in total. The molecule has 0 saturated heterocycles. The summed E-state index contributed by atoms with van der Waals surface area (Å²) < 4.78 is 0. The third-order valence-corrected chi connectivity index (χ3v) is 1.78. The third kappa shape index (κ3) is 3.82. The first kappa shape index (κ1) is 13.0. The van der Waals surface area contributed by atoms with Crippen LogP contribution >= 0.6 is 0 Å². The molecule has 0 amide bonds. The average Bonchev–Trinajstić information content (AvgIpc) is 1.86. The molecule has 0 aromatic heterocycles. The van der Waals surface area contributed by atoms with Crippen LogP contribution in [-0.2, 0) is 5.41 Å². The van der Waals surface area contributed by atoms with E-state index in [9.17, 15) is 0 Å². The van der Waals surface area contributed by atoms with Crippen LogP contribution in [0.5, 0.6) is 0 Å². The minimum absolute atomic E-state index is 0. The zero-order valence-electron chi connectivity index (χ0n) is 8.73. The normalized spacial score (nSPS) is 10.7. The van der Waals surface area contributed by atoms with E-state index in [1.54, 1.807) is 0 Å². The largest absolute Gasteiger partial charge is 1.00 e. The van der Waals surface area contributed by atoms with Crippen LogP contribution in [0.15, 0.2) is 18.2 Å². The average molecular weight is 233 g/mol. The fourth-order valence-corrected chi connectivity index (χ4v) is 0.969. The number of hydrogen-bond donors (Lipinski definition) is 0. The van der Waals surface area contributed by atoms with Crippen LogP contribution in [0.4, 0.5) is 0 Å². The Kier molecular flexibility index (Phi) is 5.47. The second-order valence-electron chi connectivity index (χ2n) is 4.03. The van der Waals surface area contributed by atoms with Crippen molar-refractivity contribution in [3.63, 3.8) is 0 Å². The van der Waals surface area contributed by atoms with E-state index in [0.29, 0.717) is 0 Å². The van der Waals surface area contributed by atoms with Gasteiger partial charge in [0.2, 0.25) is 0 Å². The van der Waals surface area contributed by atoms with Gasteiger partial charge in [-0.05, 0) is 5.41 Å². The van der Waals surface area contributed by atoms with Crippen molar-refractivity contribution in [2.75, 3.05) is 0 Å². The Morgan fingerprint density at radius 1 is 1.17 bits per heavy atom. The molecular weight excluding hydrogens is 218 g/mol. The molecule has 0 saturated carbocycles. The third-order valence-electron chi connectivity index (χ3n) is 1.78. The molecular formula is C11H15Rb. The molecule has 0 aliphatic rings. The van der Waals surface area contributed by atoms with E-state index in [0.717, 1.165) is 0 Å². The van der Waals surface area contributed by atoms with Gasteiger partial charge >= 0.3 is 58.2 Å². The summed E-state index contributed by atoms with van der Waals surface area (Å²) in [5.74, 6) is 0. The van der Waals surface area contributed by atoms with Gasteiger partial charge in [-0.25, -0.2) is 0 Å². The number of rotatable bonds is 0. The van der Waals surface area contributed by atoms with Crippen molar-refractivity contribution < 1.29 is 58.2 Å². The van der Waals surface area contributed by atoms with Crippen molar-refractivity contribution in [2.24, 2.45) is 0 Å². The second kappa shape index (κ2) is 5.04. The van der Waals surface area contributed by atoms with Gasteiger partial charge in [0.25, 0.3) is 0 Å². The fraction of sp³-hybridized carbons (Fsp3) is 0.455. The SMILES string of the molecule is Cc1c[c-]c(C(C)(C)C)cc1.[Rb+]. The van der Waals surface area contributed by atoms with Gasteiger partial charge in [0.1, 0.15) is 0 Å². The van der Waals surface area contributed by atoms with E-state index >= 15 is 0 Å². The molecule has 1 rings (SSSR count). The summed E-state index contributed by atoms with van der Waals surface area (Å²) in [5.41, 5.74) is 2.79. The second-order valence-corrected chi connectivity index (χ2v) is 4.03. The minimum atomic E-state index is 0. The molecule has 0 atom stereocenters. The molecule has 0 bridgehead atoms.